The third kappa shape index (κ3) is 2.66. The van der Waals surface area contributed by atoms with Crippen LogP contribution in [0.15, 0.2) is 24.3 Å². The molecular formula is C18H22N2O4. The van der Waals surface area contributed by atoms with Gasteiger partial charge in [-0.25, -0.2) is 0 Å². The predicted molar refractivity (Wildman–Crippen MR) is 88.8 cm³/mol. The van der Waals surface area contributed by atoms with E-state index in [1.165, 1.54) is 9.80 Å². The number of benzene rings is 1. The van der Waals surface area contributed by atoms with Gasteiger partial charge in [0.1, 0.15) is 0 Å². The molecule has 1 aliphatic carbocycles. The first-order chi connectivity index (χ1) is 11.5. The van der Waals surface area contributed by atoms with E-state index in [0.29, 0.717) is 31.6 Å². The molecule has 1 saturated heterocycles. The number of carboxylic acids is 1. The molecule has 0 radical (unpaired) electrons. The minimum absolute atomic E-state index is 0.421. The number of hydrogen-bond acceptors (Lipinski definition) is 3. The van der Waals surface area contributed by atoms with E-state index in [1.807, 2.05) is 6.07 Å². The normalized spacial score (nSPS) is 21.0. The number of likely N-dealkylation sites (N-methyl/N-ethyl adjacent to an activating group) is 1. The molecule has 1 heterocycles. The lowest BCUT2D eigenvalue weighted by Crippen LogP contribution is -2.53. The average molecular weight is 330 g/mol. The number of carbonyl (C=O) groups excluding carboxylic acids is 2. The molecule has 0 aromatic heterocycles. The van der Waals surface area contributed by atoms with Gasteiger partial charge in [-0.3, -0.25) is 14.4 Å². The van der Waals surface area contributed by atoms with Gasteiger partial charge in [0.15, 0.2) is 0 Å². The van der Waals surface area contributed by atoms with Crippen molar-refractivity contribution in [3.05, 3.63) is 29.8 Å². The molecule has 6 nitrogen and oxygen atoms in total. The second kappa shape index (κ2) is 6.26. The summed E-state index contributed by atoms with van der Waals surface area (Å²) in [6.07, 6.45) is 4.06. The lowest BCUT2D eigenvalue weighted by atomic mass is 9.69. The molecule has 2 amide bonds. The van der Waals surface area contributed by atoms with Gasteiger partial charge >= 0.3 is 17.8 Å². The van der Waals surface area contributed by atoms with Crippen molar-refractivity contribution >= 4 is 23.5 Å². The second-order valence-electron chi connectivity index (χ2n) is 6.68. The van der Waals surface area contributed by atoms with Gasteiger partial charge < -0.3 is 14.9 Å². The van der Waals surface area contributed by atoms with Crippen LogP contribution in [0, 0.1) is 0 Å². The van der Waals surface area contributed by atoms with Crippen LogP contribution in [0.25, 0.3) is 0 Å². The molecule has 1 aliphatic heterocycles. The van der Waals surface area contributed by atoms with E-state index in [0.717, 1.165) is 24.8 Å². The molecule has 24 heavy (non-hydrogen) atoms. The molecule has 0 bridgehead atoms. The van der Waals surface area contributed by atoms with Crippen molar-refractivity contribution in [2.75, 3.05) is 25.0 Å². The Morgan fingerprint density at radius 3 is 2.46 bits per heavy atom. The topological polar surface area (TPSA) is 77.9 Å². The quantitative estimate of drug-likeness (QED) is 0.857. The highest BCUT2D eigenvalue weighted by Gasteiger charge is 2.42. The van der Waals surface area contributed by atoms with Gasteiger partial charge in [0.2, 0.25) is 0 Å². The predicted octanol–water partition coefficient (Wildman–Crippen LogP) is 1.78. The van der Waals surface area contributed by atoms with E-state index in [9.17, 15) is 19.5 Å². The maximum absolute atomic E-state index is 12.3. The minimum atomic E-state index is -0.881. The van der Waals surface area contributed by atoms with E-state index in [-0.39, 0.29) is 0 Å². The van der Waals surface area contributed by atoms with Gasteiger partial charge in [0.25, 0.3) is 0 Å². The third-order valence-corrected chi connectivity index (χ3v) is 5.26. The second-order valence-corrected chi connectivity index (χ2v) is 6.68. The van der Waals surface area contributed by atoms with Crippen molar-refractivity contribution < 1.29 is 19.5 Å². The Morgan fingerprint density at radius 1 is 1.08 bits per heavy atom. The molecule has 6 heteroatoms. The van der Waals surface area contributed by atoms with Gasteiger partial charge in [0, 0.05) is 25.8 Å². The minimum Gasteiger partial charge on any atom is -0.481 e. The van der Waals surface area contributed by atoms with E-state index >= 15 is 0 Å². The maximum Gasteiger partial charge on any atom is 0.316 e. The van der Waals surface area contributed by atoms with Crippen LogP contribution in [0.2, 0.25) is 0 Å². The van der Waals surface area contributed by atoms with Crippen molar-refractivity contribution in [3.8, 4) is 0 Å². The van der Waals surface area contributed by atoms with Crippen LogP contribution in [0.3, 0.4) is 0 Å². The number of aliphatic carboxylic acids is 1. The van der Waals surface area contributed by atoms with Crippen LogP contribution < -0.4 is 4.90 Å². The number of anilines is 1. The van der Waals surface area contributed by atoms with Gasteiger partial charge in [-0.05, 0) is 30.5 Å². The van der Waals surface area contributed by atoms with Gasteiger partial charge in [0.05, 0.1) is 5.41 Å². The summed E-state index contributed by atoms with van der Waals surface area (Å²) in [5.41, 5.74) is 0.449. The highest BCUT2D eigenvalue weighted by molar-refractivity contribution is 6.40. The number of carboxylic acid groups (broad SMARTS) is 1. The molecule has 128 valence electrons. The molecular weight excluding hydrogens is 308 g/mol. The molecule has 0 atom stereocenters. The number of rotatable bonds is 3. The monoisotopic (exact) mass is 330 g/mol. The largest absolute Gasteiger partial charge is 0.481 e. The zero-order valence-corrected chi connectivity index (χ0v) is 13.8. The maximum atomic E-state index is 12.3. The summed E-state index contributed by atoms with van der Waals surface area (Å²) < 4.78 is 0. The Morgan fingerprint density at radius 2 is 1.79 bits per heavy atom. The highest BCUT2D eigenvalue weighted by atomic mass is 16.4. The van der Waals surface area contributed by atoms with E-state index < -0.39 is 23.2 Å². The molecule has 1 saturated carbocycles. The third-order valence-electron chi connectivity index (χ3n) is 5.26. The first-order valence-corrected chi connectivity index (χ1v) is 8.36. The molecule has 1 aromatic rings. The summed E-state index contributed by atoms with van der Waals surface area (Å²) in [5.74, 6) is -1.90. The first kappa shape index (κ1) is 16.5. The van der Waals surface area contributed by atoms with Crippen molar-refractivity contribution in [2.24, 2.45) is 0 Å². The van der Waals surface area contributed by atoms with Crippen LogP contribution >= 0.6 is 0 Å². The Labute approximate surface area is 141 Å². The zero-order chi connectivity index (χ0) is 17.3. The summed E-state index contributed by atoms with van der Waals surface area (Å²) in [5, 5.41) is 9.83. The fraction of sp³-hybridized carbons (Fsp3) is 0.500. The Kier molecular flexibility index (Phi) is 4.30. The van der Waals surface area contributed by atoms with Crippen molar-refractivity contribution in [2.45, 2.75) is 37.5 Å². The lowest BCUT2D eigenvalue weighted by molar-refractivity contribution is -0.145. The summed E-state index contributed by atoms with van der Waals surface area (Å²) >= 11 is 0. The Bertz CT molecular complexity index is 679. The summed E-state index contributed by atoms with van der Waals surface area (Å²) in [6, 6.07) is 7.14. The summed E-state index contributed by atoms with van der Waals surface area (Å²) in [7, 11) is 1.61. The Hall–Kier alpha value is -2.37. The fourth-order valence-corrected chi connectivity index (χ4v) is 3.73. The van der Waals surface area contributed by atoms with E-state index in [2.05, 4.69) is 0 Å². The zero-order valence-electron chi connectivity index (χ0n) is 13.8. The number of carbonyl (C=O) groups is 3. The standard InChI is InChI=1S/C18H22N2O4/c1-19-10-11-20(16(22)15(19)21)14-7-5-6-13(12-14)18(17(23)24)8-3-2-4-9-18/h5-7,12H,2-4,8-11H2,1H3,(H,23,24). The molecule has 2 fully saturated rings. The average Bonchev–Trinajstić information content (AvgIpc) is 2.60. The summed E-state index contributed by atoms with van der Waals surface area (Å²) in [6.45, 7) is 0.892. The molecule has 1 aromatic carbocycles. The van der Waals surface area contributed by atoms with Gasteiger partial charge in [-0.1, -0.05) is 31.4 Å². The number of hydrogen-bond donors (Lipinski definition) is 1. The van der Waals surface area contributed by atoms with Crippen LogP contribution in [0.1, 0.15) is 37.7 Å². The highest BCUT2D eigenvalue weighted by Crippen LogP contribution is 2.40. The molecule has 0 spiro atoms. The van der Waals surface area contributed by atoms with Gasteiger partial charge in [-0.15, -0.1) is 0 Å². The fourth-order valence-electron chi connectivity index (χ4n) is 3.73. The van der Waals surface area contributed by atoms with E-state index in [1.54, 1.807) is 25.2 Å². The molecule has 1 N–H and O–H groups in total. The van der Waals surface area contributed by atoms with Crippen molar-refractivity contribution in [1.82, 2.24) is 4.90 Å². The van der Waals surface area contributed by atoms with Crippen LogP contribution in [0.5, 0.6) is 0 Å². The van der Waals surface area contributed by atoms with Crippen LogP contribution in [-0.2, 0) is 19.8 Å². The van der Waals surface area contributed by atoms with Gasteiger partial charge in [-0.2, -0.15) is 0 Å². The van der Waals surface area contributed by atoms with Crippen LogP contribution in [0.4, 0.5) is 5.69 Å². The van der Waals surface area contributed by atoms with Crippen molar-refractivity contribution in [1.29, 1.82) is 0 Å². The first-order valence-electron chi connectivity index (χ1n) is 8.36. The lowest BCUT2D eigenvalue weighted by Gasteiger charge is -2.35. The smallest absolute Gasteiger partial charge is 0.316 e. The van der Waals surface area contributed by atoms with Crippen molar-refractivity contribution in [3.63, 3.8) is 0 Å². The molecule has 2 aliphatic rings. The molecule has 0 unspecified atom stereocenters. The number of amides is 2. The SMILES string of the molecule is CN1CCN(c2cccc(C3(C(=O)O)CCCCC3)c2)C(=O)C1=O. The van der Waals surface area contributed by atoms with Crippen LogP contribution in [-0.4, -0.2) is 47.9 Å². The molecule has 3 rings (SSSR count). The van der Waals surface area contributed by atoms with E-state index in [4.69, 9.17) is 0 Å². The number of piperazine rings is 1. The Balaban J connectivity index is 1.96. The number of nitrogens with zero attached hydrogens (tertiary/aromatic N) is 2. The summed E-state index contributed by atoms with van der Waals surface area (Å²) in [4.78, 5) is 39.0.